The summed E-state index contributed by atoms with van der Waals surface area (Å²) in [5.74, 6) is 0.861. The maximum absolute atomic E-state index is 4.70. The summed E-state index contributed by atoms with van der Waals surface area (Å²) >= 11 is 1.84. The van der Waals surface area contributed by atoms with Crippen molar-refractivity contribution in [2.75, 3.05) is 0 Å². The summed E-state index contributed by atoms with van der Waals surface area (Å²) in [4.78, 5) is 9.20. The lowest BCUT2D eigenvalue weighted by atomic mass is 9.96. The van der Waals surface area contributed by atoms with E-state index < -0.39 is 0 Å². The molecule has 0 atom stereocenters. The number of hydrogen-bond donors (Lipinski definition) is 0. The van der Waals surface area contributed by atoms with Gasteiger partial charge in [0.05, 0.1) is 15.9 Å². The van der Waals surface area contributed by atoms with Gasteiger partial charge in [-0.2, -0.15) is 0 Å². The SMILES string of the molecule is Cc1nc(C)c2sc3c(C)c(C)c(C)c(C)c3c2n1. The number of hydrogen-bond acceptors (Lipinski definition) is 3. The van der Waals surface area contributed by atoms with Crippen LogP contribution in [0.4, 0.5) is 0 Å². The van der Waals surface area contributed by atoms with E-state index in [1.165, 1.54) is 37.0 Å². The standard InChI is InChI=1S/C16H18N2S/c1-7-8(2)10(4)15-13(9(7)3)14-16(19-15)11(5)17-12(6)18-14/h1-6H3. The molecule has 19 heavy (non-hydrogen) atoms. The van der Waals surface area contributed by atoms with Crippen molar-refractivity contribution in [3.05, 3.63) is 33.8 Å². The molecule has 2 aromatic heterocycles. The van der Waals surface area contributed by atoms with Gasteiger partial charge in [-0.3, -0.25) is 0 Å². The van der Waals surface area contributed by atoms with Crippen LogP contribution in [-0.4, -0.2) is 9.97 Å². The molecule has 1 aromatic carbocycles. The first-order valence-corrected chi connectivity index (χ1v) is 7.37. The second-order valence-corrected chi connectivity index (χ2v) is 6.36. The Morgan fingerprint density at radius 3 is 2.00 bits per heavy atom. The van der Waals surface area contributed by atoms with Crippen molar-refractivity contribution < 1.29 is 0 Å². The molecule has 2 nitrogen and oxygen atoms in total. The van der Waals surface area contributed by atoms with E-state index in [1.54, 1.807) is 0 Å². The first kappa shape index (κ1) is 12.5. The summed E-state index contributed by atoms with van der Waals surface area (Å²) in [6.45, 7) is 12.9. The van der Waals surface area contributed by atoms with Gasteiger partial charge in [-0.05, 0) is 63.8 Å². The molecule has 0 spiro atoms. The Balaban J connectivity index is 2.67. The zero-order valence-electron chi connectivity index (χ0n) is 12.3. The number of nitrogens with zero attached hydrogens (tertiary/aromatic N) is 2. The third-order valence-corrected chi connectivity index (χ3v) is 5.63. The topological polar surface area (TPSA) is 25.8 Å². The fourth-order valence-electron chi connectivity index (χ4n) is 2.79. The number of benzene rings is 1. The molecule has 3 rings (SSSR count). The van der Waals surface area contributed by atoms with Gasteiger partial charge in [0, 0.05) is 10.1 Å². The first-order valence-electron chi connectivity index (χ1n) is 6.55. The molecular formula is C16H18N2S. The molecule has 3 heteroatoms. The van der Waals surface area contributed by atoms with Gasteiger partial charge in [-0.15, -0.1) is 11.3 Å². The van der Waals surface area contributed by atoms with Crippen LogP contribution in [0.2, 0.25) is 0 Å². The summed E-state index contributed by atoms with van der Waals surface area (Å²) < 4.78 is 2.61. The number of fused-ring (bicyclic) bond motifs is 3. The van der Waals surface area contributed by atoms with Crippen molar-refractivity contribution in [3.8, 4) is 0 Å². The van der Waals surface area contributed by atoms with Crippen LogP contribution in [-0.2, 0) is 0 Å². The van der Waals surface area contributed by atoms with E-state index in [1.807, 2.05) is 18.3 Å². The van der Waals surface area contributed by atoms with Crippen LogP contribution >= 0.6 is 11.3 Å². The zero-order chi connectivity index (χ0) is 13.9. The Morgan fingerprint density at radius 2 is 1.32 bits per heavy atom. The highest BCUT2D eigenvalue weighted by molar-refractivity contribution is 7.26. The predicted octanol–water partition coefficient (Wildman–Crippen LogP) is 4.70. The number of aryl methyl sites for hydroxylation is 4. The zero-order valence-corrected chi connectivity index (χ0v) is 13.1. The van der Waals surface area contributed by atoms with Crippen molar-refractivity contribution in [1.29, 1.82) is 0 Å². The van der Waals surface area contributed by atoms with Crippen LogP contribution < -0.4 is 0 Å². The highest BCUT2D eigenvalue weighted by Gasteiger charge is 2.17. The van der Waals surface area contributed by atoms with Crippen molar-refractivity contribution >= 4 is 31.6 Å². The maximum Gasteiger partial charge on any atom is 0.126 e. The molecule has 0 saturated heterocycles. The molecule has 3 aromatic rings. The lowest BCUT2D eigenvalue weighted by Crippen LogP contribution is -1.93. The van der Waals surface area contributed by atoms with E-state index in [9.17, 15) is 0 Å². The number of rotatable bonds is 0. The number of thiophene rings is 1. The summed E-state index contributed by atoms with van der Waals surface area (Å²) in [7, 11) is 0. The van der Waals surface area contributed by atoms with Crippen LogP contribution in [0, 0.1) is 41.5 Å². The Morgan fingerprint density at radius 1 is 0.684 bits per heavy atom. The second kappa shape index (κ2) is 4.01. The van der Waals surface area contributed by atoms with Crippen molar-refractivity contribution in [2.45, 2.75) is 41.5 Å². The summed E-state index contributed by atoms with van der Waals surface area (Å²) in [5, 5.41) is 1.33. The van der Waals surface area contributed by atoms with Gasteiger partial charge in [0.2, 0.25) is 0 Å². The van der Waals surface area contributed by atoms with Crippen molar-refractivity contribution in [3.63, 3.8) is 0 Å². The van der Waals surface area contributed by atoms with Crippen LogP contribution in [0.15, 0.2) is 0 Å². The predicted molar refractivity (Wildman–Crippen MR) is 83.3 cm³/mol. The quantitative estimate of drug-likeness (QED) is 0.592. The average Bonchev–Trinajstić information content (AvgIpc) is 2.73. The molecule has 0 amide bonds. The minimum Gasteiger partial charge on any atom is -0.237 e. The fourth-order valence-corrected chi connectivity index (χ4v) is 4.09. The molecule has 98 valence electrons. The van der Waals surface area contributed by atoms with Crippen LogP contribution in [0.25, 0.3) is 20.3 Å². The molecule has 0 aliphatic carbocycles. The molecule has 0 bridgehead atoms. The van der Waals surface area contributed by atoms with E-state index in [0.717, 1.165) is 17.0 Å². The average molecular weight is 270 g/mol. The van der Waals surface area contributed by atoms with Gasteiger partial charge in [0.15, 0.2) is 0 Å². The van der Waals surface area contributed by atoms with E-state index in [4.69, 9.17) is 4.98 Å². The lowest BCUT2D eigenvalue weighted by Gasteiger charge is -2.10. The second-order valence-electron chi connectivity index (χ2n) is 5.34. The normalized spacial score (nSPS) is 11.7. The molecular weight excluding hydrogens is 252 g/mol. The van der Waals surface area contributed by atoms with Gasteiger partial charge in [0.25, 0.3) is 0 Å². The summed E-state index contributed by atoms with van der Waals surface area (Å²) in [5.41, 5.74) is 7.77. The smallest absolute Gasteiger partial charge is 0.126 e. The van der Waals surface area contributed by atoms with E-state index in [-0.39, 0.29) is 0 Å². The van der Waals surface area contributed by atoms with Gasteiger partial charge < -0.3 is 0 Å². The van der Waals surface area contributed by atoms with Crippen LogP contribution in [0.1, 0.15) is 33.8 Å². The Bertz CT molecular complexity index is 828. The molecule has 0 radical (unpaired) electrons. The number of aromatic nitrogens is 2. The van der Waals surface area contributed by atoms with E-state index in [0.29, 0.717) is 0 Å². The van der Waals surface area contributed by atoms with Gasteiger partial charge in [-0.25, -0.2) is 9.97 Å². The van der Waals surface area contributed by atoms with Crippen LogP contribution in [0.5, 0.6) is 0 Å². The van der Waals surface area contributed by atoms with Gasteiger partial charge in [0.1, 0.15) is 5.82 Å². The Hall–Kier alpha value is -1.48. The van der Waals surface area contributed by atoms with Crippen molar-refractivity contribution in [1.82, 2.24) is 9.97 Å². The Kier molecular flexibility index (Phi) is 2.65. The molecule has 0 saturated carbocycles. The van der Waals surface area contributed by atoms with Gasteiger partial charge >= 0.3 is 0 Å². The largest absolute Gasteiger partial charge is 0.237 e. The molecule has 0 aliphatic heterocycles. The molecule has 0 N–H and O–H groups in total. The minimum atomic E-state index is 0.861. The minimum absolute atomic E-state index is 0.861. The van der Waals surface area contributed by atoms with Gasteiger partial charge in [-0.1, -0.05) is 0 Å². The van der Waals surface area contributed by atoms with E-state index in [2.05, 4.69) is 39.6 Å². The molecule has 0 fully saturated rings. The summed E-state index contributed by atoms with van der Waals surface area (Å²) in [6.07, 6.45) is 0. The highest BCUT2D eigenvalue weighted by Crippen LogP contribution is 2.40. The third kappa shape index (κ3) is 1.61. The first-order chi connectivity index (χ1) is 8.91. The summed E-state index contributed by atoms with van der Waals surface area (Å²) in [6, 6.07) is 0. The van der Waals surface area contributed by atoms with Crippen molar-refractivity contribution in [2.24, 2.45) is 0 Å². The fraction of sp³-hybridized carbons (Fsp3) is 0.375. The highest BCUT2D eigenvalue weighted by atomic mass is 32.1. The maximum atomic E-state index is 4.70. The van der Waals surface area contributed by atoms with Crippen LogP contribution in [0.3, 0.4) is 0 Å². The third-order valence-electron chi connectivity index (χ3n) is 4.22. The molecule has 0 aliphatic rings. The molecule has 2 heterocycles. The van der Waals surface area contributed by atoms with E-state index >= 15 is 0 Å². The lowest BCUT2D eigenvalue weighted by molar-refractivity contribution is 1.06. The molecule has 0 unspecified atom stereocenters. The Labute approximate surface area is 117 Å². The monoisotopic (exact) mass is 270 g/mol.